The summed E-state index contributed by atoms with van der Waals surface area (Å²) < 4.78 is 27.4. The van der Waals surface area contributed by atoms with Crippen LogP contribution in [0.3, 0.4) is 0 Å². The molecule has 1 aromatic carbocycles. The first kappa shape index (κ1) is 26.0. The number of sulfonamides is 1. The van der Waals surface area contributed by atoms with E-state index in [1.165, 1.54) is 16.5 Å². The monoisotopic (exact) mass is 549 g/mol. The van der Waals surface area contributed by atoms with Crippen LogP contribution in [0.1, 0.15) is 55.2 Å². The number of carbonyl (C=O) groups is 1. The van der Waals surface area contributed by atoms with Gasteiger partial charge in [0.2, 0.25) is 15.9 Å². The standard InChI is InChI=1S/C28H35N7O3S/c1-18(2)26-23-13-21(4-5-24(23)32-27(26)22-12-19(3)28-29-16-30-35(28)14-22)20-6-8-33(9-7-20)15-25(36)34-10-11-39(37,38)31-17-34/h4-5,12-14,16,18,20,31-32H,6-11,15,17H2,1-3H3. The molecule has 2 aliphatic rings. The van der Waals surface area contributed by atoms with E-state index in [-0.39, 0.29) is 24.9 Å². The van der Waals surface area contributed by atoms with Crippen LogP contribution in [0.5, 0.6) is 0 Å². The maximum Gasteiger partial charge on any atom is 0.237 e. The zero-order valence-electron chi connectivity index (χ0n) is 22.6. The van der Waals surface area contributed by atoms with Crippen LogP contribution in [0.4, 0.5) is 0 Å². The molecule has 0 unspecified atom stereocenters. The van der Waals surface area contributed by atoms with Crippen molar-refractivity contribution in [3.8, 4) is 11.3 Å². The maximum absolute atomic E-state index is 12.7. The number of piperidine rings is 1. The van der Waals surface area contributed by atoms with E-state index in [1.807, 2.05) is 10.7 Å². The summed E-state index contributed by atoms with van der Waals surface area (Å²) in [5.74, 6) is 0.729. The van der Waals surface area contributed by atoms with Crippen LogP contribution in [0.2, 0.25) is 0 Å². The molecule has 4 aromatic rings. The van der Waals surface area contributed by atoms with Crippen LogP contribution in [-0.2, 0) is 14.8 Å². The third kappa shape index (κ3) is 5.06. The Balaban J connectivity index is 1.19. The average molecular weight is 550 g/mol. The summed E-state index contributed by atoms with van der Waals surface area (Å²) in [4.78, 5) is 24.5. The first-order valence-electron chi connectivity index (χ1n) is 13.6. The molecular weight excluding hydrogens is 514 g/mol. The topological polar surface area (TPSA) is 116 Å². The molecule has 206 valence electrons. The number of fused-ring (bicyclic) bond motifs is 2. The van der Waals surface area contributed by atoms with Gasteiger partial charge in [-0.05, 0) is 79.6 Å². The molecule has 2 aliphatic heterocycles. The van der Waals surface area contributed by atoms with E-state index in [4.69, 9.17) is 0 Å². The first-order chi connectivity index (χ1) is 18.7. The van der Waals surface area contributed by atoms with Gasteiger partial charge in [-0.1, -0.05) is 19.9 Å². The van der Waals surface area contributed by atoms with E-state index in [0.717, 1.165) is 53.9 Å². The van der Waals surface area contributed by atoms with Crippen molar-refractivity contribution < 1.29 is 13.2 Å². The van der Waals surface area contributed by atoms with E-state index >= 15 is 0 Å². The summed E-state index contributed by atoms with van der Waals surface area (Å²) in [6.45, 7) is 8.90. The lowest BCUT2D eigenvalue weighted by molar-refractivity contribution is -0.132. The van der Waals surface area contributed by atoms with E-state index < -0.39 is 10.0 Å². The van der Waals surface area contributed by atoms with Crippen LogP contribution in [0, 0.1) is 6.92 Å². The Morgan fingerprint density at radius 1 is 1.15 bits per heavy atom. The van der Waals surface area contributed by atoms with Gasteiger partial charge in [0.1, 0.15) is 6.33 Å². The number of aromatic amines is 1. The number of H-pyrrole nitrogens is 1. The maximum atomic E-state index is 12.7. The molecule has 0 saturated carbocycles. The number of hydrogen-bond donors (Lipinski definition) is 2. The van der Waals surface area contributed by atoms with Crippen LogP contribution < -0.4 is 4.72 Å². The molecule has 2 saturated heterocycles. The quantitative estimate of drug-likeness (QED) is 0.395. The highest BCUT2D eigenvalue weighted by Gasteiger charge is 2.28. The number of amides is 1. The zero-order valence-corrected chi connectivity index (χ0v) is 23.5. The Labute approximate surface area is 228 Å². The predicted octanol–water partition coefficient (Wildman–Crippen LogP) is 3.21. The van der Waals surface area contributed by atoms with E-state index in [1.54, 1.807) is 11.2 Å². The third-order valence-electron chi connectivity index (χ3n) is 8.16. The normalized spacial score (nSPS) is 18.9. The number of benzene rings is 1. The molecule has 2 fully saturated rings. The Morgan fingerprint density at radius 2 is 1.95 bits per heavy atom. The highest BCUT2D eigenvalue weighted by Crippen LogP contribution is 2.38. The number of hydrogen-bond acceptors (Lipinski definition) is 6. The molecule has 11 heteroatoms. The smallest absolute Gasteiger partial charge is 0.237 e. The summed E-state index contributed by atoms with van der Waals surface area (Å²) >= 11 is 0. The first-order valence-corrected chi connectivity index (χ1v) is 15.3. The summed E-state index contributed by atoms with van der Waals surface area (Å²) in [6, 6.07) is 8.98. The lowest BCUT2D eigenvalue weighted by Crippen LogP contribution is -2.52. The summed E-state index contributed by atoms with van der Waals surface area (Å²) in [5.41, 5.74) is 7.98. The van der Waals surface area contributed by atoms with Crippen LogP contribution in [0.15, 0.2) is 36.8 Å². The van der Waals surface area contributed by atoms with Gasteiger partial charge < -0.3 is 9.88 Å². The van der Waals surface area contributed by atoms with E-state index in [2.05, 4.69) is 69.7 Å². The van der Waals surface area contributed by atoms with Gasteiger partial charge >= 0.3 is 0 Å². The number of carbonyl (C=O) groups excluding carboxylic acids is 1. The van der Waals surface area contributed by atoms with Crippen molar-refractivity contribution in [2.45, 2.75) is 45.4 Å². The molecule has 10 nitrogen and oxygen atoms in total. The Kier molecular flexibility index (Phi) is 6.68. The summed E-state index contributed by atoms with van der Waals surface area (Å²) in [7, 11) is -3.23. The molecule has 1 amide bonds. The van der Waals surface area contributed by atoms with Crippen molar-refractivity contribution in [2.24, 2.45) is 0 Å². The molecule has 3 aromatic heterocycles. The van der Waals surface area contributed by atoms with Gasteiger partial charge in [0, 0.05) is 29.2 Å². The minimum atomic E-state index is -3.23. The molecule has 0 aliphatic carbocycles. The van der Waals surface area contributed by atoms with Gasteiger partial charge in [-0.15, -0.1) is 0 Å². The Hall–Kier alpha value is -3.28. The molecule has 0 radical (unpaired) electrons. The Morgan fingerprint density at radius 3 is 2.67 bits per heavy atom. The van der Waals surface area contributed by atoms with Gasteiger partial charge in [0.15, 0.2) is 5.65 Å². The zero-order chi connectivity index (χ0) is 27.3. The molecule has 5 heterocycles. The number of likely N-dealkylation sites (tertiary alicyclic amines) is 1. The largest absolute Gasteiger partial charge is 0.354 e. The van der Waals surface area contributed by atoms with Gasteiger partial charge in [-0.25, -0.2) is 17.9 Å². The molecule has 0 atom stereocenters. The second-order valence-electron chi connectivity index (χ2n) is 11.1. The highest BCUT2D eigenvalue weighted by molar-refractivity contribution is 7.89. The highest BCUT2D eigenvalue weighted by atomic mass is 32.2. The van der Waals surface area contributed by atoms with Crippen molar-refractivity contribution in [2.75, 3.05) is 38.6 Å². The molecule has 39 heavy (non-hydrogen) atoms. The number of aryl methyl sites for hydroxylation is 1. The second-order valence-corrected chi connectivity index (χ2v) is 13.1. The second kappa shape index (κ2) is 10.0. The van der Waals surface area contributed by atoms with Gasteiger partial charge in [0.25, 0.3) is 0 Å². The van der Waals surface area contributed by atoms with Crippen LogP contribution >= 0.6 is 0 Å². The summed E-state index contributed by atoms with van der Waals surface area (Å²) in [6.07, 6.45) is 5.61. The van der Waals surface area contributed by atoms with Crippen molar-refractivity contribution >= 4 is 32.5 Å². The van der Waals surface area contributed by atoms with E-state index in [9.17, 15) is 13.2 Å². The SMILES string of the molecule is Cc1cc(-c2[nH]c3ccc(C4CCN(CC(=O)N5CCS(=O)(=O)NC5)CC4)cc3c2C(C)C)cn2ncnc12. The number of rotatable bonds is 5. The van der Waals surface area contributed by atoms with Crippen LogP contribution in [0.25, 0.3) is 27.8 Å². The molecule has 0 bridgehead atoms. The molecule has 0 spiro atoms. The minimum Gasteiger partial charge on any atom is -0.354 e. The molecule has 2 N–H and O–H groups in total. The fourth-order valence-corrected chi connectivity index (χ4v) is 6.99. The average Bonchev–Trinajstić information content (AvgIpc) is 3.54. The lowest BCUT2D eigenvalue weighted by atomic mass is 9.87. The number of nitrogens with one attached hydrogen (secondary N) is 2. The lowest BCUT2D eigenvalue weighted by Gasteiger charge is -2.34. The third-order valence-corrected chi connectivity index (χ3v) is 9.45. The number of aromatic nitrogens is 4. The number of nitrogens with zero attached hydrogens (tertiary/aromatic N) is 5. The fourth-order valence-electron chi connectivity index (χ4n) is 6.03. The van der Waals surface area contributed by atoms with Crippen molar-refractivity contribution in [3.63, 3.8) is 0 Å². The minimum absolute atomic E-state index is 0.0157. The van der Waals surface area contributed by atoms with Crippen molar-refractivity contribution in [1.29, 1.82) is 0 Å². The predicted molar refractivity (Wildman–Crippen MR) is 151 cm³/mol. The van der Waals surface area contributed by atoms with Crippen LogP contribution in [-0.4, -0.2) is 82.3 Å². The van der Waals surface area contributed by atoms with Gasteiger partial charge in [-0.2, -0.15) is 9.82 Å². The number of pyridine rings is 1. The van der Waals surface area contributed by atoms with Gasteiger partial charge in [0.05, 0.1) is 24.7 Å². The van der Waals surface area contributed by atoms with Gasteiger partial charge in [-0.3, -0.25) is 9.69 Å². The fraction of sp³-hybridized carbons (Fsp3) is 0.464. The molecular formula is C28H35N7O3S. The molecule has 6 rings (SSSR count). The Bertz CT molecular complexity index is 1630. The van der Waals surface area contributed by atoms with Crippen molar-refractivity contribution in [1.82, 2.24) is 34.1 Å². The summed E-state index contributed by atoms with van der Waals surface area (Å²) in [5, 5.41) is 5.63. The van der Waals surface area contributed by atoms with Crippen molar-refractivity contribution in [3.05, 3.63) is 53.5 Å². The van der Waals surface area contributed by atoms with E-state index in [0.29, 0.717) is 18.4 Å².